The van der Waals surface area contributed by atoms with Crippen LogP contribution in [0.5, 0.6) is 0 Å². The van der Waals surface area contributed by atoms with E-state index in [9.17, 15) is 4.79 Å². The fourth-order valence-electron chi connectivity index (χ4n) is 1.68. The molecule has 0 aliphatic heterocycles. The van der Waals surface area contributed by atoms with Crippen LogP contribution in [0.3, 0.4) is 0 Å². The second-order valence-corrected chi connectivity index (χ2v) is 10.1. The minimum Gasteiger partial charge on any atom is -0.372 e. The highest BCUT2D eigenvalue weighted by atomic mass is 28.4. The second-order valence-electron chi connectivity index (χ2n) is 5.68. The SMILES string of the molecule is C=CC(=[O+][Si](C)(C)C)c1ccccc1.O=Cc1ccccc1. The predicted molar refractivity (Wildman–Crippen MR) is 96.1 cm³/mol. The summed E-state index contributed by atoms with van der Waals surface area (Å²) in [5, 5.41) is 0. The minimum atomic E-state index is -1.53. The molecule has 0 fully saturated rings. The van der Waals surface area contributed by atoms with Crippen molar-refractivity contribution in [2.45, 2.75) is 19.6 Å². The molecule has 114 valence electrons. The fraction of sp³-hybridized carbons (Fsp3) is 0.158. The van der Waals surface area contributed by atoms with E-state index in [1.807, 2.05) is 48.5 Å². The third-order valence-electron chi connectivity index (χ3n) is 2.60. The second kappa shape index (κ2) is 8.90. The number of ketones is 1. The molecule has 0 aliphatic rings. The van der Waals surface area contributed by atoms with Crippen LogP contribution in [0, 0.1) is 0 Å². The van der Waals surface area contributed by atoms with Crippen LogP contribution in [-0.2, 0) is 0 Å². The molecule has 0 saturated carbocycles. The summed E-state index contributed by atoms with van der Waals surface area (Å²) in [5.41, 5.74) is 1.83. The van der Waals surface area contributed by atoms with Gasteiger partial charge in [0.15, 0.2) is 0 Å². The van der Waals surface area contributed by atoms with Crippen molar-refractivity contribution < 1.29 is 8.91 Å². The molecule has 2 aromatic carbocycles. The van der Waals surface area contributed by atoms with E-state index in [0.29, 0.717) is 0 Å². The van der Waals surface area contributed by atoms with Crippen LogP contribution in [0.1, 0.15) is 20.0 Å². The Labute approximate surface area is 134 Å². The average molecular weight is 311 g/mol. The molecule has 22 heavy (non-hydrogen) atoms. The van der Waals surface area contributed by atoms with Gasteiger partial charge in [-0.15, -0.1) is 0 Å². The van der Waals surface area contributed by atoms with Crippen molar-refractivity contribution in [3.05, 3.63) is 84.4 Å². The van der Waals surface area contributed by atoms with Crippen molar-refractivity contribution in [1.29, 1.82) is 0 Å². The lowest BCUT2D eigenvalue weighted by Crippen LogP contribution is -2.20. The molecular weight excluding hydrogens is 288 g/mol. The lowest BCUT2D eigenvalue weighted by Gasteiger charge is -1.98. The number of allylic oxidation sites excluding steroid dienone is 1. The van der Waals surface area contributed by atoms with Crippen molar-refractivity contribution >= 4 is 20.4 Å². The van der Waals surface area contributed by atoms with Gasteiger partial charge in [-0.05, 0) is 12.1 Å². The standard InChI is InChI=1S/C12H17OSi.C7H6O/c1-5-12(13-14(2,3)4)11-9-7-6-8-10-11;8-6-7-4-2-1-3-5-7/h5-10H,1H2,2-4H3;1-6H/q+1;. The Morgan fingerprint density at radius 3 is 1.82 bits per heavy atom. The summed E-state index contributed by atoms with van der Waals surface area (Å²) < 4.78 is 5.91. The molecule has 0 aliphatic carbocycles. The molecule has 0 radical (unpaired) electrons. The van der Waals surface area contributed by atoms with E-state index in [1.54, 1.807) is 18.2 Å². The lowest BCUT2D eigenvalue weighted by atomic mass is 10.1. The van der Waals surface area contributed by atoms with Gasteiger partial charge in [-0.2, -0.15) is 0 Å². The smallest absolute Gasteiger partial charge is 0.372 e. The highest BCUT2D eigenvalue weighted by Gasteiger charge is 2.31. The molecule has 0 heterocycles. The first-order valence-corrected chi connectivity index (χ1v) is 10.6. The van der Waals surface area contributed by atoms with Crippen molar-refractivity contribution in [2.24, 2.45) is 0 Å². The first-order valence-electron chi connectivity index (χ1n) is 7.20. The number of hydrogen-bond acceptors (Lipinski definition) is 1. The molecule has 2 nitrogen and oxygen atoms in total. The summed E-state index contributed by atoms with van der Waals surface area (Å²) in [6.07, 6.45) is 2.62. The van der Waals surface area contributed by atoms with Gasteiger partial charge in [-0.3, -0.25) is 4.79 Å². The molecule has 0 N–H and O–H groups in total. The van der Waals surface area contributed by atoms with Crippen LogP contribution < -0.4 is 0 Å². The zero-order valence-corrected chi connectivity index (χ0v) is 14.5. The fourth-order valence-corrected chi connectivity index (χ4v) is 2.54. The quantitative estimate of drug-likeness (QED) is 0.259. The van der Waals surface area contributed by atoms with Crippen LogP contribution >= 0.6 is 0 Å². The van der Waals surface area contributed by atoms with E-state index in [1.165, 1.54) is 0 Å². The maximum atomic E-state index is 10.0. The van der Waals surface area contributed by atoms with Crippen LogP contribution in [-0.4, -0.2) is 20.4 Å². The van der Waals surface area contributed by atoms with Crippen LogP contribution in [0.15, 0.2) is 73.3 Å². The predicted octanol–water partition coefficient (Wildman–Crippen LogP) is 4.93. The minimum absolute atomic E-state index is 0.729. The van der Waals surface area contributed by atoms with Crippen LogP contribution in [0.4, 0.5) is 0 Å². The Morgan fingerprint density at radius 1 is 0.955 bits per heavy atom. The molecule has 0 bridgehead atoms. The van der Waals surface area contributed by atoms with E-state index in [-0.39, 0.29) is 0 Å². The summed E-state index contributed by atoms with van der Waals surface area (Å²) in [6.45, 7) is 10.3. The molecule has 2 rings (SSSR count). The van der Waals surface area contributed by atoms with Crippen LogP contribution in [0.25, 0.3) is 0 Å². The van der Waals surface area contributed by atoms with Crippen LogP contribution in [0.2, 0.25) is 19.6 Å². The molecule has 0 spiro atoms. The highest BCUT2D eigenvalue weighted by molar-refractivity contribution is 6.68. The number of aldehydes is 1. The van der Waals surface area contributed by atoms with E-state index in [4.69, 9.17) is 4.11 Å². The van der Waals surface area contributed by atoms with Gasteiger partial charge in [0, 0.05) is 31.3 Å². The summed E-state index contributed by atoms with van der Waals surface area (Å²) in [6, 6.07) is 19.2. The molecule has 0 aromatic heterocycles. The number of rotatable bonds is 4. The molecule has 0 unspecified atom stereocenters. The summed E-state index contributed by atoms with van der Waals surface area (Å²) in [5.74, 6) is 0.893. The van der Waals surface area contributed by atoms with Crippen molar-refractivity contribution in [3.8, 4) is 0 Å². The van der Waals surface area contributed by atoms with E-state index >= 15 is 0 Å². The number of hydrogen-bond donors (Lipinski definition) is 0. The van der Waals surface area contributed by atoms with Gasteiger partial charge in [0.05, 0.1) is 5.56 Å². The third-order valence-corrected chi connectivity index (χ3v) is 3.43. The van der Waals surface area contributed by atoms with Crippen molar-refractivity contribution in [2.75, 3.05) is 0 Å². The maximum absolute atomic E-state index is 10.0. The van der Waals surface area contributed by atoms with Gasteiger partial charge in [0.2, 0.25) is 0 Å². The molecule has 0 atom stereocenters. The Morgan fingerprint density at radius 2 is 1.45 bits per heavy atom. The Hall–Kier alpha value is -2.26. The maximum Gasteiger partial charge on any atom is 0.509 e. The van der Waals surface area contributed by atoms with Crippen molar-refractivity contribution in [3.63, 3.8) is 0 Å². The Bertz CT molecular complexity index is 611. The first-order chi connectivity index (χ1) is 10.5. The summed E-state index contributed by atoms with van der Waals surface area (Å²) in [4.78, 5) is 10.0. The van der Waals surface area contributed by atoms with Gasteiger partial charge in [0.1, 0.15) is 6.29 Å². The normalized spacial score (nSPS) is 11.1. The van der Waals surface area contributed by atoms with Gasteiger partial charge in [-0.1, -0.05) is 55.1 Å². The van der Waals surface area contributed by atoms with Crippen molar-refractivity contribution in [1.82, 2.24) is 0 Å². The zero-order chi connectivity index (χ0) is 16.4. The third kappa shape index (κ3) is 6.95. The molecule has 0 saturated heterocycles. The van der Waals surface area contributed by atoms with E-state index in [2.05, 4.69) is 26.2 Å². The lowest BCUT2D eigenvalue weighted by molar-refractivity contribution is -0.0982. The first kappa shape index (κ1) is 17.8. The van der Waals surface area contributed by atoms with Gasteiger partial charge >= 0.3 is 14.1 Å². The van der Waals surface area contributed by atoms with E-state index in [0.717, 1.165) is 23.2 Å². The number of benzene rings is 2. The zero-order valence-electron chi connectivity index (χ0n) is 13.5. The number of carbonyl (C=O) groups is 1. The average Bonchev–Trinajstić information content (AvgIpc) is 2.54. The summed E-state index contributed by atoms with van der Waals surface area (Å²) >= 11 is 0. The van der Waals surface area contributed by atoms with E-state index < -0.39 is 8.32 Å². The Kier molecular flexibility index (Phi) is 7.20. The Balaban J connectivity index is 0.000000255. The van der Waals surface area contributed by atoms with Gasteiger partial charge < -0.3 is 4.11 Å². The molecule has 3 heteroatoms. The van der Waals surface area contributed by atoms with Gasteiger partial charge in [-0.25, -0.2) is 0 Å². The molecular formula is C19H23O2Si+. The molecule has 0 amide bonds. The highest BCUT2D eigenvalue weighted by Crippen LogP contribution is 2.07. The summed E-state index contributed by atoms with van der Waals surface area (Å²) in [7, 11) is -1.53. The molecule has 2 aromatic rings. The van der Waals surface area contributed by atoms with Gasteiger partial charge in [0.25, 0.3) is 0 Å². The largest absolute Gasteiger partial charge is 0.509 e. The monoisotopic (exact) mass is 311 g/mol. The number of carbonyl (C=O) groups excluding carboxylic acids is 2. The topological polar surface area (TPSA) is 28.4 Å².